The van der Waals surface area contributed by atoms with Crippen molar-refractivity contribution in [3.8, 4) is 5.69 Å². The molecule has 3 rings (SSSR count). The van der Waals surface area contributed by atoms with Crippen LogP contribution in [0, 0.1) is 20.8 Å². The topological polar surface area (TPSA) is 71.4 Å². The van der Waals surface area contributed by atoms with Gasteiger partial charge in [0.25, 0.3) is 11.8 Å². The van der Waals surface area contributed by atoms with Crippen molar-refractivity contribution in [3.05, 3.63) is 58.4 Å². The Hall–Kier alpha value is -3.15. The normalized spacial score (nSPS) is 16.4. The van der Waals surface area contributed by atoms with Crippen LogP contribution in [0.3, 0.4) is 0 Å². The lowest BCUT2D eigenvalue weighted by molar-refractivity contribution is -0.129. The van der Waals surface area contributed by atoms with Gasteiger partial charge in [-0.15, -0.1) is 0 Å². The Morgan fingerprint density at radius 2 is 1.69 bits per heavy atom. The van der Waals surface area contributed by atoms with E-state index in [9.17, 15) is 14.4 Å². The molecule has 2 heterocycles. The molecule has 0 aliphatic carbocycles. The summed E-state index contributed by atoms with van der Waals surface area (Å²) in [6.07, 6.45) is 1.56. The van der Waals surface area contributed by atoms with E-state index >= 15 is 0 Å². The molecule has 6 nitrogen and oxygen atoms in total. The van der Waals surface area contributed by atoms with Crippen LogP contribution in [0.5, 0.6) is 0 Å². The van der Waals surface area contributed by atoms with Crippen LogP contribution >= 0.6 is 0 Å². The first-order valence-corrected chi connectivity index (χ1v) is 8.48. The summed E-state index contributed by atoms with van der Waals surface area (Å²) in [6, 6.07) is 9.38. The van der Waals surface area contributed by atoms with Gasteiger partial charge in [0.2, 0.25) is 0 Å². The van der Waals surface area contributed by atoms with Crippen LogP contribution in [0.1, 0.15) is 29.4 Å². The lowest BCUT2D eigenvalue weighted by Crippen LogP contribution is -2.53. The number of hydrogen-bond donors (Lipinski definition) is 1. The number of urea groups is 1. The number of carbonyl (C=O) groups excluding carboxylic acids is 3. The lowest BCUT2D eigenvalue weighted by atomic mass is 10.1. The van der Waals surface area contributed by atoms with E-state index in [4.69, 9.17) is 0 Å². The maximum Gasteiger partial charge on any atom is 0.331 e. The number of aryl methyl sites for hydroxylation is 2. The second kappa shape index (κ2) is 6.63. The minimum Gasteiger partial charge on any atom is -0.318 e. The molecule has 1 aromatic heterocycles. The van der Waals surface area contributed by atoms with Gasteiger partial charge < -0.3 is 4.57 Å². The van der Waals surface area contributed by atoms with Crippen molar-refractivity contribution in [2.24, 2.45) is 0 Å². The minimum atomic E-state index is -0.676. The fraction of sp³-hybridized carbons (Fsp3) is 0.250. The van der Waals surface area contributed by atoms with E-state index in [0.717, 1.165) is 27.5 Å². The summed E-state index contributed by atoms with van der Waals surface area (Å²) in [5, 5.41) is 2.21. The number of barbiturate groups is 1. The highest BCUT2D eigenvalue weighted by atomic mass is 16.2. The van der Waals surface area contributed by atoms with Crippen LogP contribution < -0.4 is 5.32 Å². The molecule has 1 aliphatic heterocycles. The van der Waals surface area contributed by atoms with Gasteiger partial charge in [-0.25, -0.2) is 4.79 Å². The van der Waals surface area contributed by atoms with E-state index in [1.165, 1.54) is 5.56 Å². The Kier molecular flexibility index (Phi) is 4.50. The molecule has 134 valence electrons. The third-order valence-corrected chi connectivity index (χ3v) is 4.56. The molecule has 1 saturated heterocycles. The molecule has 0 atom stereocenters. The van der Waals surface area contributed by atoms with E-state index in [-0.39, 0.29) is 12.1 Å². The number of imide groups is 2. The van der Waals surface area contributed by atoms with Gasteiger partial charge in [0.1, 0.15) is 5.57 Å². The zero-order valence-corrected chi connectivity index (χ0v) is 15.3. The van der Waals surface area contributed by atoms with Gasteiger partial charge in [-0.2, -0.15) is 0 Å². The number of hydrogen-bond acceptors (Lipinski definition) is 3. The maximum absolute atomic E-state index is 12.5. The van der Waals surface area contributed by atoms with Crippen molar-refractivity contribution in [3.63, 3.8) is 0 Å². The first-order chi connectivity index (χ1) is 12.3. The lowest BCUT2D eigenvalue weighted by Gasteiger charge is -2.24. The van der Waals surface area contributed by atoms with E-state index in [0.29, 0.717) is 0 Å². The Morgan fingerprint density at radius 1 is 1.04 bits per heavy atom. The number of nitrogens with zero attached hydrogens (tertiary/aromatic N) is 2. The summed E-state index contributed by atoms with van der Waals surface area (Å²) in [5.74, 6) is -1.23. The highest BCUT2D eigenvalue weighted by Gasteiger charge is 2.34. The summed E-state index contributed by atoms with van der Waals surface area (Å²) in [6.45, 7) is 7.83. The second-order valence-corrected chi connectivity index (χ2v) is 6.36. The average molecular weight is 351 g/mol. The number of amides is 4. The Morgan fingerprint density at radius 3 is 2.31 bits per heavy atom. The van der Waals surface area contributed by atoms with Crippen molar-refractivity contribution >= 4 is 23.9 Å². The smallest absolute Gasteiger partial charge is 0.318 e. The van der Waals surface area contributed by atoms with E-state index < -0.39 is 17.8 Å². The SMILES string of the molecule is CCN1C(=O)NC(=O)/C(=C\c2cc(C)n(-c3ccc(C)cc3)c2C)C1=O. The van der Waals surface area contributed by atoms with E-state index in [2.05, 4.69) is 9.88 Å². The second-order valence-electron chi connectivity index (χ2n) is 6.36. The highest BCUT2D eigenvalue weighted by molar-refractivity contribution is 6.31. The van der Waals surface area contributed by atoms with E-state index in [1.54, 1.807) is 13.0 Å². The molecule has 6 heteroatoms. The first-order valence-electron chi connectivity index (χ1n) is 8.48. The zero-order valence-electron chi connectivity index (χ0n) is 15.3. The third kappa shape index (κ3) is 2.94. The predicted octanol–water partition coefficient (Wildman–Crippen LogP) is 2.88. The number of carbonyl (C=O) groups is 3. The summed E-state index contributed by atoms with van der Waals surface area (Å²) in [7, 11) is 0. The standard InChI is InChI=1S/C20H21N3O3/c1-5-22-19(25)17(18(24)21-20(22)26)11-15-10-13(3)23(14(15)4)16-8-6-12(2)7-9-16/h6-11H,5H2,1-4H3,(H,21,24,26)/b17-11+. The maximum atomic E-state index is 12.5. The summed E-state index contributed by atoms with van der Waals surface area (Å²) in [5.41, 5.74) is 4.83. The highest BCUT2D eigenvalue weighted by Crippen LogP contribution is 2.24. The van der Waals surface area contributed by atoms with Crippen LogP contribution in [0.25, 0.3) is 11.8 Å². The van der Waals surface area contributed by atoms with Crippen molar-refractivity contribution in [1.82, 2.24) is 14.8 Å². The Bertz CT molecular complexity index is 936. The molecule has 0 saturated carbocycles. The molecule has 1 fully saturated rings. The largest absolute Gasteiger partial charge is 0.331 e. The van der Waals surface area contributed by atoms with Crippen molar-refractivity contribution in [2.75, 3.05) is 6.54 Å². The molecule has 0 spiro atoms. The van der Waals surface area contributed by atoms with Crippen LogP contribution in [0.15, 0.2) is 35.9 Å². The Labute approximate surface area is 152 Å². The molecule has 1 aliphatic rings. The number of aromatic nitrogens is 1. The molecule has 2 aromatic rings. The van der Waals surface area contributed by atoms with Gasteiger partial charge in [-0.05, 0) is 57.5 Å². The number of likely N-dealkylation sites (N-methyl/N-ethyl adjacent to an activating group) is 1. The molecular weight excluding hydrogens is 330 g/mol. The van der Waals surface area contributed by atoms with Crippen molar-refractivity contribution in [1.29, 1.82) is 0 Å². The molecule has 1 aromatic carbocycles. The van der Waals surface area contributed by atoms with Gasteiger partial charge in [-0.3, -0.25) is 19.8 Å². The molecule has 4 amide bonds. The first kappa shape index (κ1) is 17.7. The fourth-order valence-corrected chi connectivity index (χ4v) is 3.16. The molecule has 0 bridgehead atoms. The molecule has 0 radical (unpaired) electrons. The number of benzene rings is 1. The quantitative estimate of drug-likeness (QED) is 0.683. The Balaban J connectivity index is 2.05. The summed E-state index contributed by atoms with van der Waals surface area (Å²) >= 11 is 0. The number of rotatable bonds is 3. The van der Waals surface area contributed by atoms with Crippen LogP contribution in [-0.2, 0) is 9.59 Å². The molecule has 1 N–H and O–H groups in total. The fourth-order valence-electron chi connectivity index (χ4n) is 3.16. The van der Waals surface area contributed by atoms with Gasteiger partial charge in [0, 0.05) is 23.6 Å². The van der Waals surface area contributed by atoms with Crippen LogP contribution in [-0.4, -0.2) is 33.9 Å². The van der Waals surface area contributed by atoms with Gasteiger partial charge in [0.15, 0.2) is 0 Å². The van der Waals surface area contributed by atoms with Crippen molar-refractivity contribution < 1.29 is 14.4 Å². The van der Waals surface area contributed by atoms with Gasteiger partial charge in [-0.1, -0.05) is 17.7 Å². The monoisotopic (exact) mass is 351 g/mol. The molecular formula is C20H21N3O3. The summed E-state index contributed by atoms with van der Waals surface area (Å²) in [4.78, 5) is 37.3. The summed E-state index contributed by atoms with van der Waals surface area (Å²) < 4.78 is 2.07. The van der Waals surface area contributed by atoms with Gasteiger partial charge in [0.05, 0.1) is 0 Å². The zero-order chi connectivity index (χ0) is 19.0. The van der Waals surface area contributed by atoms with Crippen LogP contribution in [0.2, 0.25) is 0 Å². The molecule has 26 heavy (non-hydrogen) atoms. The minimum absolute atomic E-state index is 0.0318. The van der Waals surface area contributed by atoms with Crippen LogP contribution in [0.4, 0.5) is 4.79 Å². The van der Waals surface area contributed by atoms with Crippen molar-refractivity contribution in [2.45, 2.75) is 27.7 Å². The van der Waals surface area contributed by atoms with E-state index in [1.807, 2.05) is 51.1 Å². The molecule has 0 unspecified atom stereocenters. The number of nitrogens with one attached hydrogen (secondary N) is 1. The average Bonchev–Trinajstić information content (AvgIpc) is 2.86. The third-order valence-electron chi connectivity index (χ3n) is 4.56. The van der Waals surface area contributed by atoms with Gasteiger partial charge >= 0.3 is 6.03 Å². The predicted molar refractivity (Wildman–Crippen MR) is 98.9 cm³/mol.